The molecule has 0 radical (unpaired) electrons. The topological polar surface area (TPSA) is 202 Å². The number of fused-ring (bicyclic) bond motifs is 6. The molecule has 4 aliphatic rings. The number of aromatic nitrogens is 4. The summed E-state index contributed by atoms with van der Waals surface area (Å²) in [6.45, 7) is 6.00. The Hall–Kier alpha value is -6.20. The summed E-state index contributed by atoms with van der Waals surface area (Å²) in [4.78, 5) is 73.5. The minimum absolute atomic E-state index is 0.0419. The third-order valence-electron chi connectivity index (χ3n) is 13.5. The SMILES string of the molecule is CCCCN(Cc1nc2c(ccc3cc4c(cc32)OCc2cc(-c3cnc([C@@H]5CCCN5C(=O)[C@@H](NC(=O)OC)C5CCOCC5)[nH]3)ccc2-4)[nH]1)C(=O)[C@@H](NC(=O)OC)C1CCOCC1. The van der Waals surface area contributed by atoms with Crippen molar-refractivity contribution in [2.45, 2.75) is 89.6 Å². The Morgan fingerprint density at radius 2 is 1.60 bits per heavy atom. The fourth-order valence-corrected chi connectivity index (χ4v) is 9.95. The van der Waals surface area contributed by atoms with Gasteiger partial charge in [-0.3, -0.25) is 9.59 Å². The molecular weight excluding hydrogens is 833 g/mol. The molecule has 9 rings (SSSR count). The predicted octanol–water partition coefficient (Wildman–Crippen LogP) is 6.76. The van der Waals surface area contributed by atoms with Crippen molar-refractivity contribution in [1.82, 2.24) is 40.4 Å². The number of rotatable bonds is 13. The summed E-state index contributed by atoms with van der Waals surface area (Å²) in [5, 5.41) is 7.59. The minimum Gasteiger partial charge on any atom is -0.488 e. The van der Waals surface area contributed by atoms with Gasteiger partial charge in [-0.05, 0) is 103 Å². The number of nitrogens with one attached hydrogen (secondary N) is 4. The number of carbonyl (C=O) groups excluding carboxylic acids is 4. The number of amides is 4. The van der Waals surface area contributed by atoms with Crippen molar-refractivity contribution in [2.75, 3.05) is 53.7 Å². The smallest absolute Gasteiger partial charge is 0.407 e. The molecule has 4 aliphatic heterocycles. The maximum absolute atomic E-state index is 14.2. The lowest BCUT2D eigenvalue weighted by molar-refractivity contribution is -0.137. The number of H-pyrrole nitrogens is 2. The lowest BCUT2D eigenvalue weighted by Gasteiger charge is -2.34. The second-order valence-corrected chi connectivity index (χ2v) is 17.5. The summed E-state index contributed by atoms with van der Waals surface area (Å²) in [7, 11) is 2.61. The molecule has 3 fully saturated rings. The summed E-state index contributed by atoms with van der Waals surface area (Å²) in [5.41, 5.74) is 6.54. The Morgan fingerprint density at radius 1 is 0.877 bits per heavy atom. The molecule has 3 aromatic carbocycles. The lowest BCUT2D eigenvalue weighted by atomic mass is 9.90. The molecule has 65 heavy (non-hydrogen) atoms. The maximum Gasteiger partial charge on any atom is 0.407 e. The van der Waals surface area contributed by atoms with Crippen LogP contribution in [0.3, 0.4) is 0 Å². The van der Waals surface area contributed by atoms with Gasteiger partial charge in [0, 0.05) is 50.5 Å². The van der Waals surface area contributed by atoms with E-state index >= 15 is 0 Å². The average Bonchev–Trinajstić information content (AvgIpc) is 4.14. The van der Waals surface area contributed by atoms with Gasteiger partial charge >= 0.3 is 12.2 Å². The van der Waals surface area contributed by atoms with E-state index < -0.39 is 24.3 Å². The van der Waals surface area contributed by atoms with Crippen molar-refractivity contribution < 1.29 is 42.9 Å². The number of alkyl carbamates (subject to hydrolysis) is 2. The monoisotopic (exact) mass is 890 g/mol. The zero-order valence-electron chi connectivity index (χ0n) is 37.3. The fraction of sp³-hybridized carbons (Fsp3) is 0.500. The van der Waals surface area contributed by atoms with E-state index in [0.717, 1.165) is 81.2 Å². The molecule has 0 bridgehead atoms. The van der Waals surface area contributed by atoms with Gasteiger partial charge in [0.25, 0.3) is 0 Å². The number of benzene rings is 3. The highest BCUT2D eigenvalue weighted by Crippen LogP contribution is 2.43. The number of likely N-dealkylation sites (tertiary alicyclic amines) is 1. The summed E-state index contributed by atoms with van der Waals surface area (Å²) in [5.74, 6) is 1.74. The van der Waals surface area contributed by atoms with E-state index in [1.54, 1.807) is 4.90 Å². The van der Waals surface area contributed by atoms with E-state index in [1.165, 1.54) is 14.2 Å². The average molecular weight is 891 g/mol. The van der Waals surface area contributed by atoms with Crippen LogP contribution in [0.15, 0.2) is 48.7 Å². The summed E-state index contributed by atoms with van der Waals surface area (Å²) in [6, 6.07) is 12.9. The summed E-state index contributed by atoms with van der Waals surface area (Å²) in [6.07, 6.45) is 6.58. The zero-order chi connectivity index (χ0) is 45.0. The molecule has 4 amide bonds. The molecule has 4 N–H and O–H groups in total. The molecule has 5 aromatic rings. The van der Waals surface area contributed by atoms with Crippen LogP contribution in [-0.4, -0.2) is 120 Å². The van der Waals surface area contributed by atoms with Crippen LogP contribution in [0.1, 0.15) is 81.5 Å². The Labute approximate surface area is 377 Å². The van der Waals surface area contributed by atoms with Crippen molar-refractivity contribution in [3.05, 3.63) is 65.9 Å². The molecular formula is C48H58N8O9. The molecule has 6 heterocycles. The van der Waals surface area contributed by atoms with Crippen LogP contribution in [0, 0.1) is 11.8 Å². The van der Waals surface area contributed by atoms with Gasteiger partial charge in [-0.2, -0.15) is 0 Å². The molecule has 3 atom stereocenters. The van der Waals surface area contributed by atoms with Gasteiger partial charge < -0.3 is 54.1 Å². The molecule has 0 aliphatic carbocycles. The van der Waals surface area contributed by atoms with E-state index in [4.69, 9.17) is 33.7 Å². The van der Waals surface area contributed by atoms with Crippen LogP contribution < -0.4 is 15.4 Å². The predicted molar refractivity (Wildman–Crippen MR) is 241 cm³/mol. The highest BCUT2D eigenvalue weighted by molar-refractivity contribution is 6.07. The van der Waals surface area contributed by atoms with Crippen LogP contribution in [0.2, 0.25) is 0 Å². The van der Waals surface area contributed by atoms with Crippen molar-refractivity contribution in [1.29, 1.82) is 0 Å². The Balaban J connectivity index is 0.935. The largest absolute Gasteiger partial charge is 0.488 e. The second kappa shape index (κ2) is 19.5. The number of imidazole rings is 2. The van der Waals surface area contributed by atoms with Crippen molar-refractivity contribution in [3.63, 3.8) is 0 Å². The number of aromatic amines is 2. The first-order valence-corrected chi connectivity index (χ1v) is 22.9. The molecule has 0 saturated carbocycles. The van der Waals surface area contributed by atoms with Crippen LogP contribution in [0.5, 0.6) is 5.75 Å². The van der Waals surface area contributed by atoms with Crippen molar-refractivity contribution in [3.8, 4) is 28.1 Å². The molecule has 344 valence electrons. The van der Waals surface area contributed by atoms with Crippen LogP contribution in [-0.2, 0) is 41.7 Å². The van der Waals surface area contributed by atoms with Gasteiger partial charge in [0.05, 0.1) is 49.7 Å². The molecule has 0 unspecified atom stereocenters. The fourth-order valence-electron chi connectivity index (χ4n) is 9.95. The number of carbonyl (C=O) groups is 4. The molecule has 2 aromatic heterocycles. The van der Waals surface area contributed by atoms with E-state index in [1.807, 2.05) is 17.2 Å². The van der Waals surface area contributed by atoms with Gasteiger partial charge in [0.15, 0.2) is 0 Å². The number of ether oxygens (including phenoxy) is 5. The van der Waals surface area contributed by atoms with Gasteiger partial charge in [0.2, 0.25) is 11.8 Å². The molecule has 0 spiro atoms. The second-order valence-electron chi connectivity index (χ2n) is 17.5. The number of methoxy groups -OCH3 is 2. The lowest BCUT2D eigenvalue weighted by Crippen LogP contribution is -2.53. The normalized spacial score (nSPS) is 18.6. The third kappa shape index (κ3) is 9.21. The molecule has 17 nitrogen and oxygen atoms in total. The summed E-state index contributed by atoms with van der Waals surface area (Å²) < 4.78 is 27.3. The Bertz CT molecular complexity index is 2540. The first-order valence-electron chi connectivity index (χ1n) is 22.9. The Kier molecular flexibility index (Phi) is 13.2. The van der Waals surface area contributed by atoms with E-state index in [9.17, 15) is 19.2 Å². The van der Waals surface area contributed by atoms with E-state index in [0.29, 0.717) is 83.5 Å². The van der Waals surface area contributed by atoms with Crippen molar-refractivity contribution >= 4 is 45.8 Å². The highest BCUT2D eigenvalue weighted by Gasteiger charge is 2.40. The van der Waals surface area contributed by atoms with Crippen LogP contribution >= 0.6 is 0 Å². The minimum atomic E-state index is -0.729. The third-order valence-corrected chi connectivity index (χ3v) is 13.5. The highest BCUT2D eigenvalue weighted by atomic mass is 16.5. The van der Waals surface area contributed by atoms with Gasteiger partial charge in [-0.25, -0.2) is 19.6 Å². The first-order chi connectivity index (χ1) is 31.7. The maximum atomic E-state index is 14.2. The molecule has 3 saturated heterocycles. The quantitative estimate of drug-likeness (QED) is 0.0973. The van der Waals surface area contributed by atoms with Gasteiger partial charge in [0.1, 0.15) is 36.1 Å². The number of hydrogen-bond acceptors (Lipinski definition) is 11. The first kappa shape index (κ1) is 44.0. The van der Waals surface area contributed by atoms with Crippen LogP contribution in [0.25, 0.3) is 44.2 Å². The zero-order valence-corrected chi connectivity index (χ0v) is 37.3. The number of unbranched alkanes of at least 4 members (excludes halogenated alkanes) is 1. The standard InChI is InChI=1S/C48H58N8O9/c1-4-5-16-55(45(57)41(53-47(59)61-2)28-12-18-63-19-13-28)26-40-50-36-11-9-30-23-35-33-10-8-31(22-32(33)27-65-39(35)24-34(30)43(36)52-40)37-25-49-44(51-37)38-7-6-17-56(38)46(58)42(54-48(60)62-3)29-14-20-64-21-15-29/h8-11,22-25,28-29,38,41-42H,4-7,12-21,26-27H2,1-3H3,(H,49,51)(H,50,52)(H,53,59)(H,54,60)/t38-,41-,42-/m0/s1. The van der Waals surface area contributed by atoms with E-state index in [2.05, 4.69) is 63.9 Å². The summed E-state index contributed by atoms with van der Waals surface area (Å²) >= 11 is 0. The Morgan fingerprint density at radius 3 is 2.32 bits per heavy atom. The van der Waals surface area contributed by atoms with Crippen molar-refractivity contribution in [2.24, 2.45) is 11.8 Å². The van der Waals surface area contributed by atoms with Gasteiger partial charge in [-0.15, -0.1) is 0 Å². The van der Waals surface area contributed by atoms with E-state index in [-0.39, 0.29) is 36.2 Å². The number of nitrogens with zero attached hydrogens (tertiary/aromatic N) is 4. The number of hydrogen-bond donors (Lipinski definition) is 4. The van der Waals surface area contributed by atoms with Gasteiger partial charge in [-0.1, -0.05) is 31.5 Å². The van der Waals surface area contributed by atoms with Crippen LogP contribution in [0.4, 0.5) is 9.59 Å². The molecule has 17 heteroatoms.